The van der Waals surface area contributed by atoms with Crippen LogP contribution in [0, 0.1) is 18.3 Å². The van der Waals surface area contributed by atoms with Gasteiger partial charge in [0.05, 0.1) is 5.41 Å². The third-order valence-corrected chi connectivity index (χ3v) is 4.23. The van der Waals surface area contributed by atoms with Crippen molar-refractivity contribution in [1.82, 2.24) is 9.88 Å². The van der Waals surface area contributed by atoms with Gasteiger partial charge in [-0.05, 0) is 39.5 Å². The van der Waals surface area contributed by atoms with Gasteiger partial charge in [0, 0.05) is 13.1 Å². The van der Waals surface area contributed by atoms with E-state index in [4.69, 9.17) is 4.42 Å². The lowest BCUT2D eigenvalue weighted by Gasteiger charge is -2.39. The molecular formula is C14H20N2O4. The number of oxazole rings is 1. The van der Waals surface area contributed by atoms with E-state index in [9.17, 15) is 14.7 Å². The van der Waals surface area contributed by atoms with Crippen LogP contribution in [-0.4, -0.2) is 40.0 Å². The van der Waals surface area contributed by atoms with Gasteiger partial charge in [-0.1, -0.05) is 0 Å². The maximum absolute atomic E-state index is 12.4. The minimum absolute atomic E-state index is 0.0510. The van der Waals surface area contributed by atoms with Crippen LogP contribution in [0.15, 0.2) is 10.8 Å². The molecule has 2 rings (SSSR count). The number of likely N-dealkylation sites (tertiary alicyclic amines) is 1. The molecule has 6 nitrogen and oxygen atoms in total. The van der Waals surface area contributed by atoms with Gasteiger partial charge in [-0.2, -0.15) is 0 Å². The molecule has 1 amide bonds. The standard InChI is InChI=1S/C14H20N2O4/c1-9-11(15-8-20-9)12(17)16-6-4-5-10(7-16)14(2,3)13(18)19/h8,10H,4-7H2,1-3H3,(H,18,19). The first-order valence-electron chi connectivity index (χ1n) is 6.76. The summed E-state index contributed by atoms with van der Waals surface area (Å²) in [5, 5.41) is 9.32. The molecule has 1 atom stereocenters. The third-order valence-electron chi connectivity index (χ3n) is 4.23. The molecular weight excluding hydrogens is 260 g/mol. The number of aryl methyl sites for hydroxylation is 1. The zero-order valence-corrected chi connectivity index (χ0v) is 12.0. The number of aliphatic carboxylic acids is 1. The van der Waals surface area contributed by atoms with Crippen molar-refractivity contribution in [3.05, 3.63) is 17.8 Å². The summed E-state index contributed by atoms with van der Waals surface area (Å²) in [7, 11) is 0. The fraction of sp³-hybridized carbons (Fsp3) is 0.643. The topological polar surface area (TPSA) is 83.6 Å². The Hall–Kier alpha value is -1.85. The molecule has 1 N–H and O–H groups in total. The van der Waals surface area contributed by atoms with Crippen LogP contribution >= 0.6 is 0 Å². The molecule has 110 valence electrons. The van der Waals surface area contributed by atoms with Gasteiger partial charge in [0.2, 0.25) is 0 Å². The Morgan fingerprint density at radius 1 is 1.50 bits per heavy atom. The highest BCUT2D eigenvalue weighted by molar-refractivity contribution is 5.93. The number of carbonyl (C=O) groups excluding carboxylic acids is 1. The summed E-state index contributed by atoms with van der Waals surface area (Å²) >= 11 is 0. The fourth-order valence-corrected chi connectivity index (χ4v) is 2.59. The average molecular weight is 280 g/mol. The monoisotopic (exact) mass is 280 g/mol. The molecule has 2 heterocycles. The van der Waals surface area contributed by atoms with Gasteiger partial charge in [-0.15, -0.1) is 0 Å². The highest BCUT2D eigenvalue weighted by Crippen LogP contribution is 2.34. The number of carbonyl (C=O) groups is 2. The zero-order chi connectivity index (χ0) is 14.9. The van der Waals surface area contributed by atoms with Crippen molar-refractivity contribution in [2.75, 3.05) is 13.1 Å². The van der Waals surface area contributed by atoms with Crippen LogP contribution in [0.2, 0.25) is 0 Å². The van der Waals surface area contributed by atoms with Crippen LogP contribution in [0.3, 0.4) is 0 Å². The highest BCUT2D eigenvalue weighted by atomic mass is 16.4. The van der Waals surface area contributed by atoms with Gasteiger partial charge in [-0.25, -0.2) is 4.98 Å². The Morgan fingerprint density at radius 2 is 2.20 bits per heavy atom. The van der Waals surface area contributed by atoms with E-state index in [-0.39, 0.29) is 11.8 Å². The Morgan fingerprint density at radius 3 is 2.75 bits per heavy atom. The Labute approximate surface area is 117 Å². The van der Waals surface area contributed by atoms with E-state index in [1.165, 1.54) is 6.39 Å². The van der Waals surface area contributed by atoms with Crippen LogP contribution in [0.25, 0.3) is 0 Å². The molecule has 1 fully saturated rings. The van der Waals surface area contributed by atoms with Gasteiger partial charge in [0.15, 0.2) is 12.1 Å². The van der Waals surface area contributed by atoms with Gasteiger partial charge < -0.3 is 14.4 Å². The predicted octanol–water partition coefficient (Wildman–Crippen LogP) is 1.95. The minimum Gasteiger partial charge on any atom is -0.481 e. The van der Waals surface area contributed by atoms with Crippen LogP contribution in [0.1, 0.15) is 42.9 Å². The second kappa shape index (κ2) is 5.26. The summed E-state index contributed by atoms with van der Waals surface area (Å²) in [6, 6.07) is 0. The van der Waals surface area contributed by atoms with Crippen molar-refractivity contribution in [3.63, 3.8) is 0 Å². The lowest BCUT2D eigenvalue weighted by molar-refractivity contribution is -0.151. The molecule has 1 saturated heterocycles. The molecule has 1 aromatic heterocycles. The summed E-state index contributed by atoms with van der Waals surface area (Å²) in [4.78, 5) is 29.4. The Kier molecular flexibility index (Phi) is 3.83. The van der Waals surface area contributed by atoms with Crippen molar-refractivity contribution in [1.29, 1.82) is 0 Å². The highest BCUT2D eigenvalue weighted by Gasteiger charge is 2.40. The quantitative estimate of drug-likeness (QED) is 0.914. The molecule has 0 saturated carbocycles. The Bertz CT molecular complexity index is 521. The third kappa shape index (κ3) is 2.55. The van der Waals surface area contributed by atoms with E-state index in [1.54, 1.807) is 25.7 Å². The molecule has 20 heavy (non-hydrogen) atoms. The molecule has 0 spiro atoms. The number of carboxylic acids is 1. The minimum atomic E-state index is -0.835. The van der Waals surface area contributed by atoms with E-state index >= 15 is 0 Å². The fourth-order valence-electron chi connectivity index (χ4n) is 2.59. The number of nitrogens with zero attached hydrogens (tertiary/aromatic N) is 2. The molecule has 1 aromatic rings. The first-order valence-corrected chi connectivity index (χ1v) is 6.76. The molecule has 6 heteroatoms. The number of hydrogen-bond donors (Lipinski definition) is 1. The van der Waals surface area contributed by atoms with Gasteiger partial charge in [0.1, 0.15) is 5.76 Å². The number of rotatable bonds is 3. The van der Waals surface area contributed by atoms with Crippen molar-refractivity contribution in [2.45, 2.75) is 33.6 Å². The molecule has 0 aromatic carbocycles. The molecule has 0 radical (unpaired) electrons. The number of amides is 1. The first-order chi connectivity index (χ1) is 9.34. The Balaban J connectivity index is 2.13. The van der Waals surface area contributed by atoms with Crippen molar-refractivity contribution >= 4 is 11.9 Å². The molecule has 0 aliphatic carbocycles. The van der Waals surface area contributed by atoms with Gasteiger partial charge in [0.25, 0.3) is 5.91 Å². The summed E-state index contributed by atoms with van der Waals surface area (Å²) < 4.78 is 5.06. The number of carboxylic acid groups (broad SMARTS) is 1. The average Bonchev–Trinajstić information content (AvgIpc) is 2.84. The second-order valence-corrected chi connectivity index (χ2v) is 5.87. The van der Waals surface area contributed by atoms with E-state index in [2.05, 4.69) is 4.98 Å². The van der Waals surface area contributed by atoms with Crippen molar-refractivity contribution in [2.24, 2.45) is 11.3 Å². The van der Waals surface area contributed by atoms with Crippen molar-refractivity contribution in [3.8, 4) is 0 Å². The van der Waals surface area contributed by atoms with Gasteiger partial charge in [-0.3, -0.25) is 9.59 Å². The van der Waals surface area contributed by atoms with E-state index < -0.39 is 11.4 Å². The lowest BCUT2D eigenvalue weighted by Crippen LogP contribution is -2.47. The number of piperidine rings is 1. The maximum atomic E-state index is 12.4. The van der Waals surface area contributed by atoms with Crippen molar-refractivity contribution < 1.29 is 19.1 Å². The first kappa shape index (κ1) is 14.6. The molecule has 0 bridgehead atoms. The van der Waals surface area contributed by atoms with E-state index in [1.807, 2.05) is 0 Å². The molecule has 1 aliphatic heterocycles. The lowest BCUT2D eigenvalue weighted by atomic mass is 9.74. The van der Waals surface area contributed by atoms with Crippen LogP contribution < -0.4 is 0 Å². The SMILES string of the molecule is Cc1ocnc1C(=O)N1CCCC(C(C)(C)C(=O)O)C1. The maximum Gasteiger partial charge on any atom is 0.309 e. The van der Waals surface area contributed by atoms with Crippen LogP contribution in [-0.2, 0) is 4.79 Å². The zero-order valence-electron chi connectivity index (χ0n) is 12.0. The normalized spacial score (nSPS) is 19.9. The van der Waals surface area contributed by atoms with Crippen LogP contribution in [0.4, 0.5) is 0 Å². The largest absolute Gasteiger partial charge is 0.481 e. The predicted molar refractivity (Wildman–Crippen MR) is 71.3 cm³/mol. The van der Waals surface area contributed by atoms with E-state index in [0.29, 0.717) is 24.5 Å². The summed E-state index contributed by atoms with van der Waals surface area (Å²) in [5.41, 5.74) is -0.517. The second-order valence-electron chi connectivity index (χ2n) is 5.87. The van der Waals surface area contributed by atoms with Gasteiger partial charge >= 0.3 is 5.97 Å². The summed E-state index contributed by atoms with van der Waals surface area (Å²) in [5.74, 6) is -0.559. The smallest absolute Gasteiger partial charge is 0.309 e. The number of hydrogen-bond acceptors (Lipinski definition) is 4. The van der Waals surface area contributed by atoms with Crippen LogP contribution in [0.5, 0.6) is 0 Å². The summed E-state index contributed by atoms with van der Waals surface area (Å²) in [6.07, 6.45) is 2.88. The summed E-state index contributed by atoms with van der Waals surface area (Å²) in [6.45, 7) is 6.22. The molecule has 1 unspecified atom stereocenters. The number of aromatic nitrogens is 1. The molecule has 1 aliphatic rings. The van der Waals surface area contributed by atoms with E-state index in [0.717, 1.165) is 12.8 Å².